The molecule has 1 aliphatic carbocycles. The monoisotopic (exact) mass is 752 g/mol. The number of hydrogen-bond acceptors (Lipinski definition) is 5. The zero-order chi connectivity index (χ0) is 40.3. The Morgan fingerprint density at radius 2 is 1.40 bits per heavy atom. The molecule has 4 aromatic carbocycles. The zero-order valence-corrected chi connectivity index (χ0v) is 34.3. The van der Waals surface area contributed by atoms with Gasteiger partial charge in [-0.25, -0.2) is 0 Å². The van der Waals surface area contributed by atoms with Crippen LogP contribution in [0.15, 0.2) is 172 Å². The molecule has 0 amide bonds. The largest absolute Gasteiger partial charge is 0.504 e. The summed E-state index contributed by atoms with van der Waals surface area (Å²) in [5.41, 5.74) is 5.48. The highest BCUT2D eigenvalue weighted by atomic mass is 32.2. The van der Waals surface area contributed by atoms with Gasteiger partial charge in [-0.15, -0.1) is 0 Å². The van der Waals surface area contributed by atoms with E-state index in [-0.39, 0.29) is 23.4 Å². The van der Waals surface area contributed by atoms with Gasteiger partial charge in [0.25, 0.3) is 0 Å². The van der Waals surface area contributed by atoms with Gasteiger partial charge >= 0.3 is 0 Å². The number of aliphatic hydroxyl groups excluding tert-OH is 3. The second-order valence-corrected chi connectivity index (χ2v) is 15.3. The van der Waals surface area contributed by atoms with Crippen molar-refractivity contribution in [1.82, 2.24) is 0 Å². The molecule has 1 aliphatic rings. The van der Waals surface area contributed by atoms with E-state index in [0.717, 1.165) is 49.5 Å². The van der Waals surface area contributed by atoms with Crippen molar-refractivity contribution in [2.24, 2.45) is 11.8 Å². The number of benzene rings is 4. The Kier molecular flexibility index (Phi) is 15.1. The van der Waals surface area contributed by atoms with Crippen molar-refractivity contribution < 1.29 is 20.4 Å². The highest BCUT2D eigenvalue weighted by molar-refractivity contribution is 8.06. The summed E-state index contributed by atoms with van der Waals surface area (Å²) in [6.45, 7) is 17.4. The standard InChI is InChI=1S/C49H52O3S.CH4O/c1-9-33(5)47(50)48(51)34(6)35(7)53-42(10-2)29-28-37-20-14-15-21-43(37)46(44-22-16-17-23-45(44)49(8,52)32(3)4)41-27-26-39-30-38(24-25-40(39)31-41)36-18-12-11-13-19-36;1-2/h9-28,30-31,44-45,50-52H,3,29H2,1-2,4-8H3;2H,1H3/b33-9+,35-34+,37-28+,42-10+,46-43-,48-47-;. The van der Waals surface area contributed by atoms with E-state index in [0.29, 0.717) is 17.6 Å². The lowest BCUT2D eigenvalue weighted by molar-refractivity contribution is 0.0460. The zero-order valence-electron chi connectivity index (χ0n) is 33.5. The molecule has 286 valence electrons. The summed E-state index contributed by atoms with van der Waals surface area (Å²) in [5, 5.41) is 44.7. The first kappa shape index (κ1) is 42.7. The molecule has 4 N–H and O–H groups in total. The Labute approximate surface area is 332 Å². The van der Waals surface area contributed by atoms with E-state index in [2.05, 4.69) is 122 Å². The molecule has 0 fully saturated rings. The van der Waals surface area contributed by atoms with Crippen LogP contribution >= 0.6 is 11.8 Å². The minimum absolute atomic E-state index is 0.101. The van der Waals surface area contributed by atoms with Gasteiger partial charge < -0.3 is 20.4 Å². The molecule has 55 heavy (non-hydrogen) atoms. The highest BCUT2D eigenvalue weighted by Crippen LogP contribution is 2.41. The van der Waals surface area contributed by atoms with Crippen LogP contribution < -0.4 is 10.4 Å². The van der Waals surface area contributed by atoms with Crippen molar-refractivity contribution in [3.8, 4) is 11.1 Å². The lowest BCUT2D eigenvalue weighted by Gasteiger charge is -2.38. The second-order valence-electron chi connectivity index (χ2n) is 14.0. The molecular formula is C50H56O4S. The van der Waals surface area contributed by atoms with Crippen molar-refractivity contribution in [3.05, 3.63) is 188 Å². The van der Waals surface area contributed by atoms with Crippen molar-refractivity contribution >= 4 is 34.2 Å². The summed E-state index contributed by atoms with van der Waals surface area (Å²) in [6.07, 6.45) is 15.3. The van der Waals surface area contributed by atoms with Gasteiger partial charge in [0.15, 0.2) is 11.5 Å². The van der Waals surface area contributed by atoms with Gasteiger partial charge in [0.1, 0.15) is 0 Å². The van der Waals surface area contributed by atoms with Gasteiger partial charge in [0.2, 0.25) is 0 Å². The molecule has 5 heteroatoms. The minimum atomic E-state index is -1.13. The van der Waals surface area contributed by atoms with Crippen LogP contribution in [0.1, 0.15) is 60.5 Å². The Morgan fingerprint density at radius 3 is 2.07 bits per heavy atom. The smallest absolute Gasteiger partial charge is 0.161 e. The molecule has 5 rings (SSSR count). The lowest BCUT2D eigenvalue weighted by atomic mass is 9.69. The van der Waals surface area contributed by atoms with E-state index in [9.17, 15) is 15.3 Å². The molecule has 4 nitrogen and oxygen atoms in total. The lowest BCUT2D eigenvalue weighted by Crippen LogP contribution is -2.41. The van der Waals surface area contributed by atoms with E-state index in [4.69, 9.17) is 5.11 Å². The number of fused-ring (bicyclic) bond motifs is 1. The average molecular weight is 753 g/mol. The number of thioether (sulfide) groups is 1. The van der Waals surface area contributed by atoms with Crippen LogP contribution in [0, 0.1) is 11.8 Å². The molecule has 0 radical (unpaired) electrons. The van der Waals surface area contributed by atoms with E-state index in [1.807, 2.05) is 53.7 Å². The van der Waals surface area contributed by atoms with Gasteiger partial charge in [0.05, 0.1) is 5.60 Å². The Hall–Kier alpha value is -5.07. The molecule has 3 atom stereocenters. The molecule has 0 saturated heterocycles. The fourth-order valence-electron chi connectivity index (χ4n) is 6.75. The summed E-state index contributed by atoms with van der Waals surface area (Å²) in [7, 11) is 1.00. The van der Waals surface area contributed by atoms with Crippen LogP contribution in [0.3, 0.4) is 0 Å². The normalized spacial score (nSPS) is 18.8. The predicted octanol–water partition coefficient (Wildman–Crippen LogP) is 11.4. The first-order chi connectivity index (χ1) is 26.4. The molecular weight excluding hydrogens is 697 g/mol. The maximum Gasteiger partial charge on any atom is 0.161 e. The van der Waals surface area contributed by atoms with Crippen molar-refractivity contribution in [2.75, 3.05) is 7.11 Å². The van der Waals surface area contributed by atoms with Crippen molar-refractivity contribution in [3.63, 3.8) is 0 Å². The maximum atomic E-state index is 11.9. The van der Waals surface area contributed by atoms with Gasteiger partial charge in [-0.2, -0.15) is 0 Å². The summed E-state index contributed by atoms with van der Waals surface area (Å²) in [5.74, 6) is -0.564. The van der Waals surface area contributed by atoms with Gasteiger partial charge in [-0.1, -0.05) is 140 Å². The fraction of sp³-hybridized carbons (Fsp3) is 0.240. The highest BCUT2D eigenvalue weighted by Gasteiger charge is 2.38. The molecule has 0 saturated carbocycles. The quantitative estimate of drug-likeness (QED) is 0.0697. The third kappa shape index (κ3) is 9.98. The maximum absolute atomic E-state index is 11.9. The molecule has 0 bridgehead atoms. The van der Waals surface area contributed by atoms with Crippen LogP contribution in [0.25, 0.3) is 33.5 Å². The van der Waals surface area contributed by atoms with Crippen LogP contribution in [-0.2, 0) is 0 Å². The van der Waals surface area contributed by atoms with E-state index >= 15 is 0 Å². The number of rotatable bonds is 11. The topological polar surface area (TPSA) is 80.9 Å². The molecule has 3 unspecified atom stereocenters. The van der Waals surface area contributed by atoms with Crippen molar-refractivity contribution in [1.29, 1.82) is 0 Å². The van der Waals surface area contributed by atoms with E-state index in [1.54, 1.807) is 24.8 Å². The molecule has 4 aromatic rings. The second kappa shape index (κ2) is 19.5. The summed E-state index contributed by atoms with van der Waals surface area (Å²) >= 11 is 1.60. The van der Waals surface area contributed by atoms with Crippen LogP contribution in [0.2, 0.25) is 0 Å². The number of allylic oxidation sites excluding steroid dienone is 9. The summed E-state index contributed by atoms with van der Waals surface area (Å²) in [6, 6.07) is 32.3. The van der Waals surface area contributed by atoms with Crippen molar-refractivity contribution in [2.45, 2.75) is 60.5 Å². The van der Waals surface area contributed by atoms with Gasteiger partial charge in [0, 0.05) is 24.5 Å². The first-order valence-electron chi connectivity index (χ1n) is 18.7. The molecule has 0 spiro atoms. The summed E-state index contributed by atoms with van der Waals surface area (Å²) in [4.78, 5) is 2.03. The van der Waals surface area contributed by atoms with Crippen LogP contribution in [0.4, 0.5) is 0 Å². The summed E-state index contributed by atoms with van der Waals surface area (Å²) < 4.78 is 0. The fourth-order valence-corrected chi connectivity index (χ4v) is 7.67. The van der Waals surface area contributed by atoms with E-state index < -0.39 is 5.60 Å². The molecule has 0 aromatic heterocycles. The van der Waals surface area contributed by atoms with Crippen LogP contribution in [0.5, 0.6) is 0 Å². The van der Waals surface area contributed by atoms with Gasteiger partial charge in [-0.05, 0) is 131 Å². The minimum Gasteiger partial charge on any atom is -0.504 e. The van der Waals surface area contributed by atoms with Gasteiger partial charge in [-0.3, -0.25) is 0 Å². The Bertz CT molecular complexity index is 2320. The predicted molar refractivity (Wildman–Crippen MR) is 237 cm³/mol. The van der Waals surface area contributed by atoms with E-state index in [1.165, 1.54) is 16.5 Å². The first-order valence-corrected chi connectivity index (χ1v) is 19.5. The number of aliphatic hydroxyl groups is 4. The SMILES string of the molecule is C=C(C)C(C)(O)C1C=CC=CC1/C(c1ccc2cc(-c3ccccc3)ccc2c1)=c1/cccc/c1=C\C/C(=C\C)S/C(C)=C(C)/C(O)=C(O)\C(C)=C\C.CO. The molecule has 0 aliphatic heterocycles. The average Bonchev–Trinajstić information content (AvgIpc) is 3.22. The Balaban J connectivity index is 0.00000331. The number of hydrogen-bond donors (Lipinski definition) is 4. The Morgan fingerprint density at radius 1 is 0.764 bits per heavy atom. The third-order valence-corrected chi connectivity index (χ3v) is 11.8. The third-order valence-electron chi connectivity index (χ3n) is 10.5. The molecule has 0 heterocycles. The van der Waals surface area contributed by atoms with Crippen LogP contribution in [-0.4, -0.2) is 33.1 Å².